The molecule has 1 saturated heterocycles. The number of aryl methyl sites for hydroxylation is 1. The molecule has 1 atom stereocenters. The van der Waals surface area contributed by atoms with Crippen LogP contribution in [0.4, 0.5) is 0 Å². The number of piperidine rings is 1. The summed E-state index contributed by atoms with van der Waals surface area (Å²) in [4.78, 5) is 41.5. The number of H-pyrrole nitrogens is 1. The van der Waals surface area contributed by atoms with Crippen molar-refractivity contribution in [2.45, 2.75) is 18.9 Å². The summed E-state index contributed by atoms with van der Waals surface area (Å²) in [7, 11) is 3.53. The maximum atomic E-state index is 13.6. The van der Waals surface area contributed by atoms with Gasteiger partial charge in [0.25, 0.3) is 5.91 Å². The van der Waals surface area contributed by atoms with Crippen LogP contribution in [0.5, 0.6) is 0 Å². The number of fused-ring (bicyclic) bond motifs is 3. The van der Waals surface area contributed by atoms with E-state index in [9.17, 15) is 9.59 Å². The average molecular weight is 537 g/mol. The molecule has 1 aromatic carbocycles. The van der Waals surface area contributed by atoms with Crippen molar-refractivity contribution in [1.29, 1.82) is 5.41 Å². The first-order chi connectivity index (χ1) is 19.5. The minimum Gasteiger partial charge on any atom is -0.393 e. The molecule has 0 saturated carbocycles. The van der Waals surface area contributed by atoms with Gasteiger partial charge in [0.1, 0.15) is 6.33 Å². The molecule has 1 unspecified atom stereocenters. The van der Waals surface area contributed by atoms with E-state index in [1.807, 2.05) is 34.9 Å². The van der Waals surface area contributed by atoms with Crippen molar-refractivity contribution in [1.82, 2.24) is 44.5 Å². The largest absolute Gasteiger partial charge is 0.393 e. The smallest absolute Gasteiger partial charge is 0.329 e. The number of amides is 1. The van der Waals surface area contributed by atoms with E-state index in [4.69, 9.17) is 5.41 Å². The molecular formula is C28H28N10O2. The minimum absolute atomic E-state index is 0.124. The molecule has 0 aliphatic carbocycles. The number of aromatic nitrogens is 7. The summed E-state index contributed by atoms with van der Waals surface area (Å²) in [6, 6.07) is 9.62. The number of carbonyl (C=O) groups excluding carboxylic acids is 1. The molecular weight excluding hydrogens is 508 g/mol. The lowest BCUT2D eigenvalue weighted by Crippen LogP contribution is -2.43. The molecule has 4 aromatic heterocycles. The zero-order valence-electron chi connectivity index (χ0n) is 22.1. The second-order valence-corrected chi connectivity index (χ2v) is 9.77. The van der Waals surface area contributed by atoms with Gasteiger partial charge in [-0.05, 0) is 36.6 Å². The number of carbonyl (C=O) groups is 1. The molecule has 3 N–H and O–H groups in total. The molecule has 1 aliphatic rings. The lowest BCUT2D eigenvalue weighted by molar-refractivity contribution is 0.0667. The fourth-order valence-corrected chi connectivity index (χ4v) is 5.43. The van der Waals surface area contributed by atoms with Gasteiger partial charge in [0.15, 0.2) is 0 Å². The predicted octanol–water partition coefficient (Wildman–Crippen LogP) is 2.76. The quantitative estimate of drug-likeness (QED) is 0.282. The Morgan fingerprint density at radius 3 is 2.73 bits per heavy atom. The van der Waals surface area contributed by atoms with E-state index in [2.05, 4.69) is 30.5 Å². The molecule has 1 fully saturated rings. The Morgan fingerprint density at radius 1 is 1.15 bits per heavy atom. The number of hydrogen-bond acceptors (Lipinski definition) is 8. The van der Waals surface area contributed by atoms with Gasteiger partial charge < -0.3 is 15.6 Å². The third-order valence-electron chi connectivity index (χ3n) is 7.42. The number of pyridine rings is 2. The van der Waals surface area contributed by atoms with Gasteiger partial charge >= 0.3 is 5.69 Å². The van der Waals surface area contributed by atoms with Gasteiger partial charge in [-0.1, -0.05) is 12.1 Å². The number of benzene rings is 1. The monoisotopic (exact) mass is 536 g/mol. The third-order valence-corrected chi connectivity index (χ3v) is 7.42. The molecule has 12 heteroatoms. The first-order valence-corrected chi connectivity index (χ1v) is 13.0. The first-order valence-electron chi connectivity index (χ1n) is 13.0. The standard InChI is InChI=1S/C28H28N10O2/c1-30-12-19(11-29)22-7-6-18(13-31-22)17-5-8-23-21(10-17)25-24(14-32-23)36(2)28(40)38(25)20-4-3-9-37(15-20)27(39)26-33-16-34-35-26/h5-8,10-14,16,20,29-30H,3-4,9,15H2,1-2H3,(H,33,34,35)/b19-12+,29-11?. The van der Waals surface area contributed by atoms with E-state index in [1.54, 1.807) is 42.2 Å². The Balaban J connectivity index is 1.43. The number of aromatic amines is 1. The van der Waals surface area contributed by atoms with Crippen LogP contribution in [0.3, 0.4) is 0 Å². The number of imidazole rings is 1. The van der Waals surface area contributed by atoms with Crippen molar-refractivity contribution in [2.24, 2.45) is 7.05 Å². The zero-order valence-corrected chi connectivity index (χ0v) is 22.1. The molecule has 1 amide bonds. The van der Waals surface area contributed by atoms with Gasteiger partial charge in [-0.15, -0.1) is 5.10 Å². The highest BCUT2D eigenvalue weighted by molar-refractivity contribution is 6.07. The molecule has 202 valence electrons. The second-order valence-electron chi connectivity index (χ2n) is 9.77. The lowest BCUT2D eigenvalue weighted by Gasteiger charge is -2.32. The topological polar surface area (TPSA) is 150 Å². The summed E-state index contributed by atoms with van der Waals surface area (Å²) >= 11 is 0. The van der Waals surface area contributed by atoms with Gasteiger partial charge in [-0.3, -0.25) is 29.0 Å². The van der Waals surface area contributed by atoms with Crippen LogP contribution in [-0.4, -0.2) is 71.4 Å². The number of nitrogens with zero attached hydrogens (tertiary/aromatic N) is 7. The fraction of sp³-hybridized carbons (Fsp3) is 0.250. The average Bonchev–Trinajstić information content (AvgIpc) is 3.62. The van der Waals surface area contributed by atoms with E-state index in [1.165, 1.54) is 12.5 Å². The highest BCUT2D eigenvalue weighted by Gasteiger charge is 2.30. The SMILES string of the molecule is CN/C=C(\C=N)c1ccc(-c2ccc3ncc4c(c3c2)n(C2CCCN(C(=O)c3nc[nH]n3)C2)c(=O)n4C)cn1. The van der Waals surface area contributed by atoms with Crippen LogP contribution in [0.2, 0.25) is 0 Å². The van der Waals surface area contributed by atoms with Crippen LogP contribution in [0, 0.1) is 5.41 Å². The van der Waals surface area contributed by atoms with Gasteiger partial charge in [0.05, 0.1) is 34.5 Å². The van der Waals surface area contributed by atoms with Crippen molar-refractivity contribution in [2.75, 3.05) is 20.1 Å². The Morgan fingerprint density at radius 2 is 2.00 bits per heavy atom. The molecule has 0 spiro atoms. The van der Waals surface area contributed by atoms with E-state index in [0.717, 1.165) is 45.9 Å². The summed E-state index contributed by atoms with van der Waals surface area (Å²) in [6.45, 7) is 0.971. The molecule has 6 rings (SSSR count). The summed E-state index contributed by atoms with van der Waals surface area (Å²) in [5.41, 5.74) is 5.36. The maximum Gasteiger partial charge on any atom is 0.329 e. The van der Waals surface area contributed by atoms with Crippen LogP contribution in [0.25, 0.3) is 38.6 Å². The zero-order chi connectivity index (χ0) is 27.8. The Bertz CT molecular complexity index is 1820. The minimum atomic E-state index is -0.250. The first kappa shape index (κ1) is 25.2. The van der Waals surface area contributed by atoms with Crippen LogP contribution in [0.1, 0.15) is 35.2 Å². The molecule has 0 bridgehead atoms. The van der Waals surface area contributed by atoms with Crippen molar-refractivity contribution >= 4 is 39.6 Å². The van der Waals surface area contributed by atoms with Gasteiger partial charge in [-0.2, -0.15) is 0 Å². The number of likely N-dealkylation sites (tertiary alicyclic amines) is 1. The second kappa shape index (κ2) is 10.2. The number of hydrogen-bond donors (Lipinski definition) is 3. The van der Waals surface area contributed by atoms with E-state index in [-0.39, 0.29) is 23.5 Å². The van der Waals surface area contributed by atoms with Crippen molar-refractivity contribution in [3.8, 4) is 11.1 Å². The van der Waals surface area contributed by atoms with Gasteiger partial charge in [0.2, 0.25) is 5.82 Å². The van der Waals surface area contributed by atoms with E-state index in [0.29, 0.717) is 24.4 Å². The third kappa shape index (κ3) is 4.23. The molecule has 5 aromatic rings. The normalized spacial score (nSPS) is 16.0. The van der Waals surface area contributed by atoms with Crippen molar-refractivity contribution < 1.29 is 4.79 Å². The van der Waals surface area contributed by atoms with Crippen LogP contribution in [-0.2, 0) is 7.05 Å². The fourth-order valence-electron chi connectivity index (χ4n) is 5.43. The Kier molecular flexibility index (Phi) is 6.42. The summed E-state index contributed by atoms with van der Waals surface area (Å²) < 4.78 is 3.44. The molecule has 40 heavy (non-hydrogen) atoms. The van der Waals surface area contributed by atoms with Gasteiger partial charge in [-0.25, -0.2) is 9.78 Å². The Labute approximate surface area is 228 Å². The highest BCUT2D eigenvalue weighted by Crippen LogP contribution is 2.32. The van der Waals surface area contributed by atoms with Crippen molar-refractivity contribution in [3.05, 3.63) is 77.3 Å². The van der Waals surface area contributed by atoms with Crippen LogP contribution >= 0.6 is 0 Å². The summed E-state index contributed by atoms with van der Waals surface area (Å²) in [6.07, 6.45) is 9.41. The maximum absolute atomic E-state index is 13.6. The number of allylic oxidation sites excluding steroid dienone is 1. The Hall–Kier alpha value is -5.13. The highest BCUT2D eigenvalue weighted by atomic mass is 16.2. The lowest BCUT2D eigenvalue weighted by atomic mass is 10.0. The molecule has 0 radical (unpaired) electrons. The van der Waals surface area contributed by atoms with Gasteiger partial charge in [0, 0.05) is 62.3 Å². The van der Waals surface area contributed by atoms with Crippen molar-refractivity contribution in [3.63, 3.8) is 0 Å². The summed E-state index contributed by atoms with van der Waals surface area (Å²) in [5.74, 6) is -0.126. The van der Waals surface area contributed by atoms with Crippen LogP contribution < -0.4 is 11.0 Å². The molecule has 5 heterocycles. The summed E-state index contributed by atoms with van der Waals surface area (Å²) in [5, 5.41) is 18.0. The predicted molar refractivity (Wildman–Crippen MR) is 152 cm³/mol. The molecule has 1 aliphatic heterocycles. The number of nitrogens with one attached hydrogen (secondary N) is 3. The number of rotatable bonds is 6. The molecule has 12 nitrogen and oxygen atoms in total. The van der Waals surface area contributed by atoms with E-state index >= 15 is 0 Å². The van der Waals surface area contributed by atoms with Crippen LogP contribution in [0.15, 0.2) is 60.0 Å². The van der Waals surface area contributed by atoms with E-state index < -0.39 is 0 Å².